The van der Waals surface area contributed by atoms with E-state index in [0.29, 0.717) is 18.7 Å². The van der Waals surface area contributed by atoms with E-state index in [2.05, 4.69) is 10.1 Å². The summed E-state index contributed by atoms with van der Waals surface area (Å²) in [5, 5.41) is 2.41. The molecule has 0 spiro atoms. The summed E-state index contributed by atoms with van der Waals surface area (Å²) in [5.41, 5.74) is 0. The molecule has 1 saturated heterocycles. The Hall–Kier alpha value is -2.60. The summed E-state index contributed by atoms with van der Waals surface area (Å²) in [5.74, 6) is -4.08. The first-order valence-corrected chi connectivity index (χ1v) is 8.87. The zero-order valence-electron chi connectivity index (χ0n) is 13.3. The van der Waals surface area contributed by atoms with Gasteiger partial charge in [0.05, 0.1) is 11.3 Å². The molecule has 0 aliphatic carbocycles. The number of esters is 1. The Morgan fingerprint density at radius 1 is 1.27 bits per heavy atom. The number of nitrogens with one attached hydrogen (secondary N) is 2. The van der Waals surface area contributed by atoms with Crippen molar-refractivity contribution in [1.82, 2.24) is 14.9 Å². The first-order chi connectivity index (χ1) is 12.2. The van der Waals surface area contributed by atoms with Gasteiger partial charge in [0.2, 0.25) is 10.0 Å². The lowest BCUT2D eigenvalue weighted by atomic mass is 10.3. The molecule has 2 N–H and O–H groups in total. The smallest absolute Gasteiger partial charge is 0.324 e. The highest BCUT2D eigenvalue weighted by molar-refractivity contribution is 7.89. The van der Waals surface area contributed by atoms with E-state index in [1.54, 1.807) is 0 Å². The molecule has 0 saturated carbocycles. The number of carbonyl (C=O) groups is 3. The minimum Gasteiger partial charge on any atom is -0.456 e. The summed E-state index contributed by atoms with van der Waals surface area (Å²) in [7, 11) is -4.14. The van der Waals surface area contributed by atoms with Crippen molar-refractivity contribution in [3.05, 3.63) is 29.8 Å². The number of hydrogen-bond acceptors (Lipinski definition) is 6. The van der Waals surface area contributed by atoms with Gasteiger partial charge in [-0.25, -0.2) is 26.7 Å². The summed E-state index contributed by atoms with van der Waals surface area (Å²) in [6, 6.07) is 1.47. The van der Waals surface area contributed by atoms with Crippen LogP contribution in [-0.4, -0.2) is 57.5 Å². The number of imide groups is 1. The lowest BCUT2D eigenvalue weighted by molar-refractivity contribution is -0.150. The number of rotatable bonds is 7. The van der Waals surface area contributed by atoms with Crippen LogP contribution in [0, 0.1) is 11.6 Å². The van der Waals surface area contributed by atoms with Crippen LogP contribution in [-0.2, 0) is 24.3 Å². The minimum absolute atomic E-state index is 0.170. The Morgan fingerprint density at radius 3 is 2.62 bits per heavy atom. The van der Waals surface area contributed by atoms with Crippen molar-refractivity contribution < 1.29 is 36.3 Å². The third kappa shape index (κ3) is 4.95. The third-order valence-corrected chi connectivity index (χ3v) is 4.80. The van der Waals surface area contributed by atoms with E-state index in [-0.39, 0.29) is 13.1 Å². The second kappa shape index (κ2) is 8.19. The fourth-order valence-electron chi connectivity index (χ4n) is 2.02. The monoisotopic (exact) mass is 391 g/mol. The van der Waals surface area contributed by atoms with Crippen molar-refractivity contribution in [2.75, 3.05) is 26.2 Å². The van der Waals surface area contributed by atoms with Crippen molar-refractivity contribution in [3.8, 4) is 0 Å². The molecule has 1 aromatic carbocycles. The molecular weight excluding hydrogens is 376 g/mol. The van der Waals surface area contributed by atoms with Crippen molar-refractivity contribution in [3.63, 3.8) is 0 Å². The summed E-state index contributed by atoms with van der Waals surface area (Å²) in [6.07, 6.45) is -0.400. The molecule has 0 bridgehead atoms. The molecule has 0 unspecified atom stereocenters. The molecule has 1 fully saturated rings. The Morgan fingerprint density at radius 2 is 2.00 bits per heavy atom. The van der Waals surface area contributed by atoms with Crippen molar-refractivity contribution in [1.29, 1.82) is 0 Å². The number of amides is 3. The van der Waals surface area contributed by atoms with E-state index in [1.807, 2.05) is 4.72 Å². The quantitative estimate of drug-likeness (QED) is 0.617. The van der Waals surface area contributed by atoms with Crippen LogP contribution >= 0.6 is 0 Å². The van der Waals surface area contributed by atoms with Crippen LogP contribution in [0.25, 0.3) is 0 Å². The Balaban J connectivity index is 1.77. The molecule has 1 aromatic rings. The van der Waals surface area contributed by atoms with E-state index < -0.39 is 57.5 Å². The fourth-order valence-corrected chi connectivity index (χ4v) is 3.06. The summed E-state index contributed by atoms with van der Waals surface area (Å²) >= 11 is 0. The number of nitrogens with zero attached hydrogens (tertiary/aromatic N) is 1. The maximum Gasteiger partial charge on any atom is 0.324 e. The highest BCUT2D eigenvalue weighted by Crippen LogP contribution is 2.13. The summed E-state index contributed by atoms with van der Waals surface area (Å²) < 4.78 is 56.4. The molecule has 1 aliphatic rings. The van der Waals surface area contributed by atoms with Crippen LogP contribution in [0.2, 0.25) is 0 Å². The number of hydrogen-bond donors (Lipinski definition) is 2. The zero-order chi connectivity index (χ0) is 19.3. The highest BCUT2D eigenvalue weighted by Gasteiger charge is 2.26. The van der Waals surface area contributed by atoms with Crippen LogP contribution in [0.3, 0.4) is 0 Å². The van der Waals surface area contributed by atoms with Gasteiger partial charge in [-0.2, -0.15) is 0 Å². The largest absolute Gasteiger partial charge is 0.456 e. The zero-order valence-corrected chi connectivity index (χ0v) is 14.1. The topological polar surface area (TPSA) is 122 Å². The molecule has 142 valence electrons. The second-order valence-corrected chi connectivity index (χ2v) is 6.93. The van der Waals surface area contributed by atoms with Gasteiger partial charge in [0.1, 0.15) is 0 Å². The number of halogens is 2. The summed E-state index contributed by atoms with van der Waals surface area (Å²) in [6.45, 7) is -0.547. The first kappa shape index (κ1) is 19.7. The van der Waals surface area contributed by atoms with Gasteiger partial charge in [-0.1, -0.05) is 0 Å². The van der Waals surface area contributed by atoms with Gasteiger partial charge in [0, 0.05) is 19.6 Å². The average Bonchev–Trinajstić information content (AvgIpc) is 3.01. The number of carbonyl (C=O) groups excluding carboxylic acids is 3. The predicted molar refractivity (Wildman–Crippen MR) is 82.2 cm³/mol. The van der Waals surface area contributed by atoms with Gasteiger partial charge in [0.25, 0.3) is 5.91 Å². The number of urea groups is 1. The lowest BCUT2D eigenvalue weighted by Gasteiger charge is -2.12. The fraction of sp³-hybridized carbons (Fsp3) is 0.357. The van der Waals surface area contributed by atoms with Crippen LogP contribution in [0.4, 0.5) is 13.6 Å². The van der Waals surface area contributed by atoms with E-state index >= 15 is 0 Å². The molecule has 1 heterocycles. The maximum atomic E-state index is 13.1. The molecule has 2 rings (SSSR count). The van der Waals surface area contributed by atoms with Crippen molar-refractivity contribution >= 4 is 27.9 Å². The molecule has 0 radical (unpaired) electrons. The molecule has 3 amide bonds. The van der Waals surface area contributed by atoms with Crippen LogP contribution in [0.15, 0.2) is 23.1 Å². The Kier molecular flexibility index (Phi) is 6.21. The number of ether oxygens (including phenoxy) is 1. The number of benzene rings is 1. The van der Waals surface area contributed by atoms with Gasteiger partial charge in [-0.15, -0.1) is 0 Å². The first-order valence-electron chi connectivity index (χ1n) is 7.39. The maximum absolute atomic E-state index is 13.1. The van der Waals surface area contributed by atoms with Gasteiger partial charge in [-0.3, -0.25) is 14.5 Å². The van der Waals surface area contributed by atoms with E-state index in [4.69, 9.17) is 0 Å². The molecule has 26 heavy (non-hydrogen) atoms. The minimum atomic E-state index is -4.14. The molecule has 0 atom stereocenters. The summed E-state index contributed by atoms with van der Waals surface area (Å²) in [4.78, 5) is 34.8. The van der Waals surface area contributed by atoms with Crippen molar-refractivity contribution in [2.45, 2.75) is 11.3 Å². The molecule has 1 aliphatic heterocycles. The predicted octanol–water partition coefficient (Wildman–Crippen LogP) is -0.272. The SMILES string of the molecule is O=C(CCNS(=O)(=O)c1ccc(F)c(F)c1)OCC(=O)N1CCNC1=O. The van der Waals surface area contributed by atoms with Gasteiger partial charge in [-0.05, 0) is 18.2 Å². The van der Waals surface area contributed by atoms with Crippen LogP contribution in [0.5, 0.6) is 0 Å². The molecule has 9 nitrogen and oxygen atoms in total. The highest BCUT2D eigenvalue weighted by atomic mass is 32.2. The average molecular weight is 391 g/mol. The second-order valence-electron chi connectivity index (χ2n) is 5.16. The Bertz CT molecular complexity index is 830. The standard InChI is InChI=1S/C14H15F2N3O6S/c15-10-2-1-9(7-11(10)16)26(23,24)18-4-3-13(21)25-8-12(20)19-6-5-17-14(19)22/h1-2,7,18H,3-6,8H2,(H,17,22). The third-order valence-electron chi connectivity index (χ3n) is 3.34. The lowest BCUT2D eigenvalue weighted by Crippen LogP contribution is -2.37. The van der Waals surface area contributed by atoms with Gasteiger partial charge in [0.15, 0.2) is 18.2 Å². The van der Waals surface area contributed by atoms with E-state index in [9.17, 15) is 31.6 Å². The van der Waals surface area contributed by atoms with Crippen LogP contribution < -0.4 is 10.0 Å². The van der Waals surface area contributed by atoms with E-state index in [1.165, 1.54) is 0 Å². The van der Waals surface area contributed by atoms with Crippen molar-refractivity contribution in [2.24, 2.45) is 0 Å². The molecule has 12 heteroatoms. The van der Waals surface area contributed by atoms with E-state index in [0.717, 1.165) is 11.0 Å². The Labute approximate surface area is 147 Å². The van der Waals surface area contributed by atoms with Crippen LogP contribution in [0.1, 0.15) is 6.42 Å². The normalized spacial score (nSPS) is 14.2. The van der Waals surface area contributed by atoms with Gasteiger partial charge < -0.3 is 10.1 Å². The molecule has 0 aromatic heterocycles. The molecular formula is C14H15F2N3O6S. The van der Waals surface area contributed by atoms with Gasteiger partial charge >= 0.3 is 12.0 Å². The number of sulfonamides is 1.